The van der Waals surface area contributed by atoms with Crippen molar-refractivity contribution in [2.75, 3.05) is 0 Å². The van der Waals surface area contributed by atoms with Crippen LogP contribution in [0.25, 0.3) is 0 Å². The molecule has 0 aromatic heterocycles. The molecule has 0 unspecified atom stereocenters. The highest BCUT2D eigenvalue weighted by molar-refractivity contribution is 5.57. The fourth-order valence-corrected chi connectivity index (χ4v) is 6.45. The molecule has 0 saturated carbocycles. The number of hydrogen-bond donors (Lipinski definition) is 5. The largest absolute Gasteiger partial charge is 0.508 e. The van der Waals surface area contributed by atoms with Crippen LogP contribution in [0.4, 0.5) is 0 Å². The van der Waals surface area contributed by atoms with Crippen LogP contribution >= 0.6 is 0 Å². The van der Waals surface area contributed by atoms with Gasteiger partial charge in [0.25, 0.3) is 0 Å². The van der Waals surface area contributed by atoms with Gasteiger partial charge in [0.15, 0.2) is 0 Å². The minimum absolute atomic E-state index is 0.186. The second-order valence-corrected chi connectivity index (χ2v) is 12.1. The lowest BCUT2D eigenvalue weighted by atomic mass is 9.79. The lowest BCUT2D eigenvalue weighted by molar-refractivity contribution is 0.462. The summed E-state index contributed by atoms with van der Waals surface area (Å²) in [5, 5.41) is 53.5. The van der Waals surface area contributed by atoms with Crippen LogP contribution in [0, 0.1) is 0 Å². The molecule has 5 rings (SSSR count). The van der Waals surface area contributed by atoms with Crippen LogP contribution in [0.5, 0.6) is 28.7 Å². The van der Waals surface area contributed by atoms with Crippen LogP contribution in [0.2, 0.25) is 0 Å². The highest BCUT2D eigenvalue weighted by Crippen LogP contribution is 2.42. The first kappa shape index (κ1) is 32.5. The molecule has 46 heavy (non-hydrogen) atoms. The van der Waals surface area contributed by atoms with Crippen LogP contribution in [0.15, 0.2) is 84.9 Å². The average molecular weight is 617 g/mol. The van der Waals surface area contributed by atoms with Crippen molar-refractivity contribution in [2.45, 2.75) is 72.1 Å². The molecule has 5 heteroatoms. The van der Waals surface area contributed by atoms with E-state index in [1.807, 2.05) is 52.0 Å². The number of aryl methyl sites for hydroxylation is 4. The Balaban J connectivity index is 1.79. The third-order valence-electron chi connectivity index (χ3n) is 9.06. The first-order valence-electron chi connectivity index (χ1n) is 16.2. The van der Waals surface area contributed by atoms with Crippen LogP contribution in [-0.2, 0) is 38.5 Å². The lowest BCUT2D eigenvalue weighted by Crippen LogP contribution is -2.09. The standard InChI is InChI=1S/C41H44O5/c1-5-27-19-31(20-28(6-2)39(27)44)38(32-21-29(7-3)40(45)30(8-4)22-32)33-23-34(17-25-9-13-36(42)14-10-25)41(46)35(24-33)18-26-11-15-37(43)16-12-26/h9-16,19-24,38,42-46H,5-8,17-18H2,1-4H3. The molecule has 0 radical (unpaired) electrons. The van der Waals surface area contributed by atoms with Gasteiger partial charge in [-0.3, -0.25) is 0 Å². The molecule has 0 atom stereocenters. The molecule has 5 aromatic carbocycles. The number of hydrogen-bond acceptors (Lipinski definition) is 5. The topological polar surface area (TPSA) is 101 Å². The second-order valence-electron chi connectivity index (χ2n) is 12.1. The molecule has 0 aliphatic heterocycles. The predicted octanol–water partition coefficient (Wildman–Crippen LogP) is 8.83. The average Bonchev–Trinajstić information content (AvgIpc) is 3.06. The molecule has 0 saturated heterocycles. The molecule has 238 valence electrons. The Bertz CT molecular complexity index is 1640. The highest BCUT2D eigenvalue weighted by Gasteiger charge is 2.25. The number of rotatable bonds is 11. The van der Waals surface area contributed by atoms with Crippen molar-refractivity contribution in [1.29, 1.82) is 0 Å². The quantitative estimate of drug-likeness (QED) is 0.0955. The summed E-state index contributed by atoms with van der Waals surface area (Å²) in [5.74, 6) is 1.02. The zero-order valence-electron chi connectivity index (χ0n) is 27.1. The van der Waals surface area contributed by atoms with Crippen molar-refractivity contribution in [3.63, 3.8) is 0 Å². The summed E-state index contributed by atoms with van der Waals surface area (Å²) >= 11 is 0. The summed E-state index contributed by atoms with van der Waals surface area (Å²) in [6.45, 7) is 8.18. The van der Waals surface area contributed by atoms with Gasteiger partial charge in [-0.25, -0.2) is 0 Å². The van der Waals surface area contributed by atoms with E-state index in [9.17, 15) is 25.5 Å². The van der Waals surface area contributed by atoms with Gasteiger partial charge in [-0.2, -0.15) is 0 Å². The Hall–Kier alpha value is -4.90. The minimum Gasteiger partial charge on any atom is -0.508 e. The van der Waals surface area contributed by atoms with Crippen molar-refractivity contribution in [1.82, 2.24) is 0 Å². The molecule has 5 nitrogen and oxygen atoms in total. The Morgan fingerprint density at radius 2 is 0.652 bits per heavy atom. The van der Waals surface area contributed by atoms with E-state index in [1.54, 1.807) is 24.3 Å². The zero-order chi connectivity index (χ0) is 33.0. The summed E-state index contributed by atoms with van der Waals surface area (Å²) in [6, 6.07) is 26.6. The maximum absolute atomic E-state index is 11.7. The molecule has 0 spiro atoms. The smallest absolute Gasteiger partial charge is 0.122 e. The molecule has 0 heterocycles. The molecule has 0 fully saturated rings. The SMILES string of the molecule is CCc1cc(C(c2cc(CC)c(O)c(CC)c2)c2cc(Cc3ccc(O)cc3)c(O)c(Cc3ccc(O)cc3)c2)cc(CC)c1O. The summed E-state index contributed by atoms with van der Waals surface area (Å²) in [5.41, 5.74) is 10.0. The van der Waals surface area contributed by atoms with Crippen LogP contribution < -0.4 is 0 Å². The van der Waals surface area contributed by atoms with Gasteiger partial charge in [0.2, 0.25) is 0 Å². The molecule has 0 aliphatic rings. The van der Waals surface area contributed by atoms with Crippen LogP contribution in [0.3, 0.4) is 0 Å². The first-order chi connectivity index (χ1) is 22.1. The summed E-state index contributed by atoms with van der Waals surface area (Å²) < 4.78 is 0. The van der Waals surface area contributed by atoms with Crippen molar-refractivity contribution >= 4 is 0 Å². The molecule has 5 aromatic rings. The van der Waals surface area contributed by atoms with Gasteiger partial charge in [-0.1, -0.05) is 88.4 Å². The Morgan fingerprint density at radius 3 is 0.935 bits per heavy atom. The third-order valence-corrected chi connectivity index (χ3v) is 9.06. The van der Waals surface area contributed by atoms with Gasteiger partial charge in [-0.15, -0.1) is 0 Å². The predicted molar refractivity (Wildman–Crippen MR) is 185 cm³/mol. The highest BCUT2D eigenvalue weighted by atomic mass is 16.3. The molecule has 0 amide bonds. The van der Waals surface area contributed by atoms with E-state index in [1.165, 1.54) is 0 Å². The Kier molecular flexibility index (Phi) is 9.91. The Morgan fingerprint density at radius 1 is 0.391 bits per heavy atom. The molecule has 0 bridgehead atoms. The van der Waals surface area contributed by atoms with E-state index >= 15 is 0 Å². The fourth-order valence-electron chi connectivity index (χ4n) is 6.45. The lowest BCUT2D eigenvalue weighted by Gasteiger charge is -2.25. The summed E-state index contributed by atoms with van der Waals surface area (Å²) in [6.07, 6.45) is 3.65. The maximum atomic E-state index is 11.7. The maximum Gasteiger partial charge on any atom is 0.122 e. The monoisotopic (exact) mass is 616 g/mol. The van der Waals surface area contributed by atoms with Crippen molar-refractivity contribution in [3.8, 4) is 28.7 Å². The van der Waals surface area contributed by atoms with Gasteiger partial charge < -0.3 is 25.5 Å². The first-order valence-corrected chi connectivity index (χ1v) is 16.2. The van der Waals surface area contributed by atoms with Gasteiger partial charge in [0, 0.05) is 18.8 Å². The molecular weight excluding hydrogens is 572 g/mol. The third kappa shape index (κ3) is 6.84. The molecule has 0 aliphatic carbocycles. The second kappa shape index (κ2) is 14.0. The number of phenolic OH excluding ortho intramolecular Hbond substituents is 5. The molecule has 5 N–H and O–H groups in total. The van der Waals surface area contributed by atoms with Gasteiger partial charge in [0.1, 0.15) is 28.7 Å². The molecular formula is C41H44O5. The van der Waals surface area contributed by atoms with E-state index in [-0.39, 0.29) is 23.2 Å². The minimum atomic E-state index is -0.245. The van der Waals surface area contributed by atoms with E-state index in [0.717, 1.165) is 61.2 Å². The number of aromatic hydroxyl groups is 5. The Labute approximate surface area is 272 Å². The number of phenols is 5. The number of benzene rings is 5. The van der Waals surface area contributed by atoms with E-state index in [0.29, 0.717) is 50.0 Å². The fraction of sp³-hybridized carbons (Fsp3) is 0.268. The van der Waals surface area contributed by atoms with E-state index in [2.05, 4.69) is 36.4 Å². The van der Waals surface area contributed by atoms with E-state index < -0.39 is 0 Å². The van der Waals surface area contributed by atoms with Crippen LogP contribution in [0.1, 0.15) is 94.8 Å². The van der Waals surface area contributed by atoms with Crippen molar-refractivity contribution < 1.29 is 25.5 Å². The summed E-state index contributed by atoms with van der Waals surface area (Å²) in [7, 11) is 0. The van der Waals surface area contributed by atoms with Crippen LogP contribution in [-0.4, -0.2) is 25.5 Å². The van der Waals surface area contributed by atoms with Gasteiger partial charge >= 0.3 is 0 Å². The van der Waals surface area contributed by atoms with Gasteiger partial charge in [0.05, 0.1) is 0 Å². The van der Waals surface area contributed by atoms with E-state index in [4.69, 9.17) is 0 Å². The van der Waals surface area contributed by atoms with Gasteiger partial charge in [-0.05, 0) is 111 Å². The van der Waals surface area contributed by atoms with Crippen molar-refractivity contribution in [2.24, 2.45) is 0 Å². The summed E-state index contributed by atoms with van der Waals surface area (Å²) in [4.78, 5) is 0. The van der Waals surface area contributed by atoms with Crippen molar-refractivity contribution in [3.05, 3.63) is 146 Å². The normalized spacial score (nSPS) is 11.3. The zero-order valence-corrected chi connectivity index (χ0v) is 27.1.